The summed E-state index contributed by atoms with van der Waals surface area (Å²) in [4.78, 5) is 2.43. The van der Waals surface area contributed by atoms with Crippen molar-refractivity contribution in [1.29, 1.82) is 0 Å². The van der Waals surface area contributed by atoms with Crippen molar-refractivity contribution in [3.8, 4) is 55.6 Å². The van der Waals surface area contributed by atoms with Gasteiger partial charge in [0, 0.05) is 22.0 Å². The maximum atomic E-state index is 6.91. The number of benzene rings is 11. The summed E-state index contributed by atoms with van der Waals surface area (Å²) in [6.07, 6.45) is 0. The van der Waals surface area contributed by atoms with Gasteiger partial charge in [-0.15, -0.1) is 0 Å². The molecule has 1 heterocycles. The fraction of sp³-hybridized carbons (Fsp3) is 0. The molecule has 0 aliphatic rings. The molecule has 64 heavy (non-hydrogen) atoms. The highest BCUT2D eigenvalue weighted by atomic mass is 16.3. The Morgan fingerprint density at radius 2 is 0.812 bits per heavy atom. The monoisotopic (exact) mass is 815 g/mol. The van der Waals surface area contributed by atoms with E-state index in [1.165, 1.54) is 60.5 Å². The Labute approximate surface area is 372 Å². The molecule has 0 fully saturated rings. The van der Waals surface area contributed by atoms with E-state index >= 15 is 0 Å². The zero-order valence-electron chi connectivity index (χ0n) is 35.0. The number of hydrogen-bond donors (Lipinski definition) is 0. The predicted molar refractivity (Wildman–Crippen MR) is 271 cm³/mol. The zero-order chi connectivity index (χ0) is 42.4. The molecule has 300 valence electrons. The van der Waals surface area contributed by atoms with E-state index in [0.717, 1.165) is 55.7 Å². The Balaban J connectivity index is 1.06. The van der Waals surface area contributed by atoms with E-state index in [-0.39, 0.29) is 0 Å². The second-order valence-electron chi connectivity index (χ2n) is 16.4. The Morgan fingerprint density at radius 1 is 0.281 bits per heavy atom. The van der Waals surface area contributed by atoms with Crippen molar-refractivity contribution in [2.75, 3.05) is 4.90 Å². The van der Waals surface area contributed by atoms with Gasteiger partial charge in [-0.3, -0.25) is 0 Å². The van der Waals surface area contributed by atoms with Gasteiger partial charge in [-0.1, -0.05) is 206 Å². The number of nitrogens with zero attached hydrogens (tertiary/aromatic N) is 1. The van der Waals surface area contributed by atoms with Crippen LogP contribution < -0.4 is 4.90 Å². The maximum Gasteiger partial charge on any atom is 0.145 e. The van der Waals surface area contributed by atoms with Gasteiger partial charge in [0.15, 0.2) is 0 Å². The minimum absolute atomic E-state index is 0.860. The first kappa shape index (κ1) is 37.3. The summed E-state index contributed by atoms with van der Waals surface area (Å²) >= 11 is 0. The summed E-state index contributed by atoms with van der Waals surface area (Å²) in [7, 11) is 0. The molecule has 0 radical (unpaired) electrons. The van der Waals surface area contributed by atoms with Crippen LogP contribution in [-0.4, -0.2) is 0 Å². The molecule has 2 nitrogen and oxygen atoms in total. The molecule has 0 saturated carbocycles. The highest BCUT2D eigenvalue weighted by Crippen LogP contribution is 2.48. The first-order valence-electron chi connectivity index (χ1n) is 21.9. The minimum Gasteiger partial charge on any atom is -0.455 e. The van der Waals surface area contributed by atoms with Crippen LogP contribution in [0.25, 0.3) is 99.1 Å². The molecule has 0 bridgehead atoms. The molecule has 2 heteroatoms. The average Bonchev–Trinajstić information content (AvgIpc) is 3.77. The summed E-state index contributed by atoms with van der Waals surface area (Å²) in [5.41, 5.74) is 16.6. The second kappa shape index (κ2) is 15.8. The van der Waals surface area contributed by atoms with Crippen LogP contribution in [0.3, 0.4) is 0 Å². The van der Waals surface area contributed by atoms with Crippen LogP contribution in [0.5, 0.6) is 0 Å². The van der Waals surface area contributed by atoms with E-state index in [9.17, 15) is 0 Å². The van der Waals surface area contributed by atoms with Crippen LogP contribution in [0.4, 0.5) is 17.1 Å². The zero-order valence-corrected chi connectivity index (χ0v) is 35.0. The third-order valence-corrected chi connectivity index (χ3v) is 12.7. The molecule has 11 aromatic carbocycles. The molecule has 1 aromatic heterocycles. The molecule has 0 amide bonds. The van der Waals surface area contributed by atoms with Crippen LogP contribution in [0.2, 0.25) is 0 Å². The molecule has 0 atom stereocenters. The van der Waals surface area contributed by atoms with Gasteiger partial charge in [-0.05, 0) is 109 Å². The van der Waals surface area contributed by atoms with E-state index in [4.69, 9.17) is 4.42 Å². The van der Waals surface area contributed by atoms with Crippen LogP contribution in [-0.2, 0) is 0 Å². The predicted octanol–water partition coefficient (Wildman–Crippen LogP) is 17.7. The smallest absolute Gasteiger partial charge is 0.145 e. The maximum absolute atomic E-state index is 6.91. The van der Waals surface area contributed by atoms with Crippen molar-refractivity contribution in [3.63, 3.8) is 0 Å². The van der Waals surface area contributed by atoms with E-state index in [2.05, 4.69) is 254 Å². The molecule has 0 aliphatic heterocycles. The van der Waals surface area contributed by atoms with E-state index in [1.54, 1.807) is 0 Å². The highest BCUT2D eigenvalue weighted by molar-refractivity contribution is 6.19. The van der Waals surface area contributed by atoms with Crippen molar-refractivity contribution in [1.82, 2.24) is 0 Å². The Kier molecular flexibility index (Phi) is 9.20. The normalized spacial score (nSPS) is 11.4. The van der Waals surface area contributed by atoms with E-state index in [0.29, 0.717) is 0 Å². The summed E-state index contributed by atoms with van der Waals surface area (Å²) in [6.45, 7) is 0. The minimum atomic E-state index is 0.860. The van der Waals surface area contributed by atoms with Crippen LogP contribution in [0.15, 0.2) is 253 Å². The first-order chi connectivity index (χ1) is 31.7. The molecule has 0 N–H and O–H groups in total. The Hall–Kier alpha value is -8.46. The summed E-state index contributed by atoms with van der Waals surface area (Å²) < 4.78 is 6.91. The van der Waals surface area contributed by atoms with Gasteiger partial charge >= 0.3 is 0 Å². The number of fused-ring (bicyclic) bond motifs is 6. The van der Waals surface area contributed by atoms with Crippen LogP contribution in [0.1, 0.15) is 0 Å². The Morgan fingerprint density at radius 3 is 1.56 bits per heavy atom. The lowest BCUT2D eigenvalue weighted by Crippen LogP contribution is -2.11. The molecule has 0 aliphatic carbocycles. The number of furan rings is 1. The van der Waals surface area contributed by atoms with Gasteiger partial charge in [-0.25, -0.2) is 0 Å². The summed E-state index contributed by atoms with van der Waals surface area (Å²) in [5.74, 6) is 0. The molecule has 12 rings (SSSR count). The van der Waals surface area contributed by atoms with E-state index in [1.807, 2.05) is 0 Å². The second-order valence-corrected chi connectivity index (χ2v) is 16.4. The standard InChI is InChI=1S/C62H41NO/c1-4-15-42(16-5-1)44-27-29-48(30-28-44)53-39-40-59(61-56-23-12-13-26-60(56)64-62(53)61)63(58-25-14-24-54-51-22-11-10-21-46(51)33-38-55(54)58)50-35-31-47(32-36-50)52-37-34-49(43-17-6-2-7-18-43)41-57(52)45-19-8-3-9-20-45/h1-41H. The average molecular weight is 816 g/mol. The highest BCUT2D eigenvalue weighted by Gasteiger charge is 2.24. The SMILES string of the molecule is c1ccc(-c2ccc(-c3ccc(N(c4ccc(-c5ccc(-c6ccccc6)cc5-c5ccccc5)cc4)c4cccc5c4ccc4ccccc45)c4c3oc3ccccc34)cc2)cc1. The molecule has 0 unspecified atom stereocenters. The third-order valence-electron chi connectivity index (χ3n) is 12.7. The van der Waals surface area contributed by atoms with Crippen molar-refractivity contribution in [3.05, 3.63) is 249 Å². The van der Waals surface area contributed by atoms with Gasteiger partial charge < -0.3 is 9.32 Å². The Bertz CT molecular complexity index is 3630. The lowest BCUT2D eigenvalue weighted by molar-refractivity contribution is 0.670. The molecular weight excluding hydrogens is 775 g/mol. The van der Waals surface area contributed by atoms with Gasteiger partial charge in [-0.2, -0.15) is 0 Å². The van der Waals surface area contributed by atoms with Crippen LogP contribution >= 0.6 is 0 Å². The van der Waals surface area contributed by atoms with Crippen molar-refractivity contribution < 1.29 is 4.42 Å². The quantitative estimate of drug-likeness (QED) is 0.142. The summed E-state index contributed by atoms with van der Waals surface area (Å²) in [6, 6.07) is 89.6. The fourth-order valence-corrected chi connectivity index (χ4v) is 9.58. The largest absolute Gasteiger partial charge is 0.455 e. The van der Waals surface area contributed by atoms with Gasteiger partial charge in [0.25, 0.3) is 0 Å². The van der Waals surface area contributed by atoms with Gasteiger partial charge in [0.2, 0.25) is 0 Å². The summed E-state index contributed by atoms with van der Waals surface area (Å²) in [5, 5.41) is 7.00. The van der Waals surface area contributed by atoms with Crippen molar-refractivity contribution in [2.24, 2.45) is 0 Å². The van der Waals surface area contributed by atoms with Gasteiger partial charge in [0.1, 0.15) is 11.2 Å². The fourth-order valence-electron chi connectivity index (χ4n) is 9.58. The van der Waals surface area contributed by atoms with Crippen LogP contribution in [0, 0.1) is 0 Å². The molecule has 12 aromatic rings. The number of hydrogen-bond acceptors (Lipinski definition) is 2. The first-order valence-corrected chi connectivity index (χ1v) is 21.9. The molecule has 0 saturated heterocycles. The van der Waals surface area contributed by atoms with Gasteiger partial charge in [0.05, 0.1) is 16.8 Å². The molecule has 0 spiro atoms. The number of rotatable bonds is 8. The number of anilines is 3. The lowest BCUT2D eigenvalue weighted by Gasteiger charge is -2.28. The topological polar surface area (TPSA) is 16.4 Å². The van der Waals surface area contributed by atoms with Crippen molar-refractivity contribution >= 4 is 60.5 Å². The lowest BCUT2D eigenvalue weighted by atomic mass is 9.91. The van der Waals surface area contributed by atoms with E-state index < -0.39 is 0 Å². The third kappa shape index (κ3) is 6.52. The van der Waals surface area contributed by atoms with Crippen molar-refractivity contribution in [2.45, 2.75) is 0 Å². The molecular formula is C62H41NO. The number of para-hydroxylation sites is 1.